The quantitative estimate of drug-likeness (QED) is 0.346. The van der Waals surface area contributed by atoms with Crippen LogP contribution in [0.2, 0.25) is 19.6 Å². The first-order valence-corrected chi connectivity index (χ1v) is 10.7. The Labute approximate surface area is 128 Å². The zero-order valence-corrected chi connectivity index (χ0v) is 14.9. The van der Waals surface area contributed by atoms with Gasteiger partial charge in [-0.1, -0.05) is 43.1 Å². The Hall–Kier alpha value is -1.36. The molecule has 118 valence electrons. The maximum absolute atomic E-state index is 12.2. The summed E-state index contributed by atoms with van der Waals surface area (Å²) in [6.45, 7) is 12.6. The number of methoxy groups -OCH3 is 2. The highest BCUT2D eigenvalue weighted by molar-refractivity contribution is 6.81. The van der Waals surface area contributed by atoms with Crippen LogP contribution in [0.4, 0.5) is 0 Å². The standard InChI is InChI=1S/C16H26O4Si/c1-11(2)13-9-16(14(17)19-3,15(18)20-4)8-12(13)10-21(5,6)7/h10,13H,1,8-9H2,2-7H3/b12-10+. The van der Waals surface area contributed by atoms with Crippen LogP contribution in [0.1, 0.15) is 19.8 Å². The van der Waals surface area contributed by atoms with Gasteiger partial charge in [0.15, 0.2) is 5.41 Å². The molecule has 1 atom stereocenters. The molecule has 4 nitrogen and oxygen atoms in total. The summed E-state index contributed by atoms with van der Waals surface area (Å²) >= 11 is 0. The third-order valence-electron chi connectivity index (χ3n) is 3.87. The Morgan fingerprint density at radius 3 is 2.05 bits per heavy atom. The Balaban J connectivity index is 3.34. The molecule has 1 unspecified atom stereocenters. The number of allylic oxidation sites excluding steroid dienone is 2. The molecule has 1 aliphatic carbocycles. The van der Waals surface area contributed by atoms with Crippen LogP contribution in [0.25, 0.3) is 0 Å². The summed E-state index contributed by atoms with van der Waals surface area (Å²) in [5.41, 5.74) is 3.13. The van der Waals surface area contributed by atoms with Gasteiger partial charge in [-0.15, -0.1) is 0 Å². The number of carbonyl (C=O) groups excluding carboxylic acids is 2. The van der Waals surface area contributed by atoms with Crippen LogP contribution in [0.3, 0.4) is 0 Å². The van der Waals surface area contributed by atoms with Crippen molar-refractivity contribution in [1.29, 1.82) is 0 Å². The third-order valence-corrected chi connectivity index (χ3v) is 5.11. The summed E-state index contributed by atoms with van der Waals surface area (Å²) in [6, 6.07) is 0. The van der Waals surface area contributed by atoms with E-state index in [0.29, 0.717) is 12.8 Å². The summed E-state index contributed by atoms with van der Waals surface area (Å²) in [7, 11) is 1.15. The molecule has 0 aromatic rings. The maximum atomic E-state index is 12.2. The zero-order chi connectivity index (χ0) is 16.4. The van der Waals surface area contributed by atoms with E-state index in [-0.39, 0.29) is 5.92 Å². The lowest BCUT2D eigenvalue weighted by molar-refractivity contribution is -0.168. The molecular weight excluding hydrogens is 284 g/mol. The molecule has 0 aromatic heterocycles. The summed E-state index contributed by atoms with van der Waals surface area (Å²) in [4.78, 5) is 24.5. The SMILES string of the molecule is C=C(C)C1CC(C(=O)OC)(C(=O)OC)C/C1=C\[Si](C)(C)C. The minimum Gasteiger partial charge on any atom is -0.468 e. The Bertz CT molecular complexity index is 469. The van der Waals surface area contributed by atoms with Crippen molar-refractivity contribution in [3.63, 3.8) is 0 Å². The monoisotopic (exact) mass is 310 g/mol. The van der Waals surface area contributed by atoms with Crippen LogP contribution in [0, 0.1) is 11.3 Å². The first-order valence-electron chi connectivity index (χ1n) is 7.11. The highest BCUT2D eigenvalue weighted by Crippen LogP contribution is 2.49. The van der Waals surface area contributed by atoms with Crippen molar-refractivity contribution in [2.24, 2.45) is 11.3 Å². The molecule has 0 aromatic carbocycles. The van der Waals surface area contributed by atoms with Gasteiger partial charge in [0.05, 0.1) is 22.3 Å². The van der Waals surface area contributed by atoms with Crippen molar-refractivity contribution in [3.8, 4) is 0 Å². The van der Waals surface area contributed by atoms with Crippen molar-refractivity contribution in [2.75, 3.05) is 14.2 Å². The van der Waals surface area contributed by atoms with Gasteiger partial charge >= 0.3 is 11.9 Å². The van der Waals surface area contributed by atoms with E-state index < -0.39 is 25.4 Å². The van der Waals surface area contributed by atoms with Crippen LogP contribution in [-0.4, -0.2) is 34.2 Å². The number of hydrogen-bond donors (Lipinski definition) is 0. The number of rotatable bonds is 4. The molecule has 0 aliphatic heterocycles. The van der Waals surface area contributed by atoms with Gasteiger partial charge in [0.25, 0.3) is 0 Å². The summed E-state index contributed by atoms with van der Waals surface area (Å²) in [5.74, 6) is -0.992. The smallest absolute Gasteiger partial charge is 0.323 e. The van der Waals surface area contributed by atoms with E-state index in [1.807, 2.05) is 6.92 Å². The van der Waals surface area contributed by atoms with Crippen LogP contribution in [-0.2, 0) is 19.1 Å². The fourth-order valence-electron chi connectivity index (χ4n) is 3.01. The number of ether oxygens (including phenoxy) is 2. The van der Waals surface area contributed by atoms with Crippen molar-refractivity contribution >= 4 is 20.0 Å². The average Bonchev–Trinajstić information content (AvgIpc) is 2.75. The van der Waals surface area contributed by atoms with Crippen LogP contribution < -0.4 is 0 Å². The van der Waals surface area contributed by atoms with Crippen molar-refractivity contribution in [2.45, 2.75) is 39.4 Å². The molecule has 0 saturated heterocycles. The zero-order valence-electron chi connectivity index (χ0n) is 13.9. The number of esters is 2. The molecular formula is C16H26O4Si. The van der Waals surface area contributed by atoms with Gasteiger partial charge in [-0.2, -0.15) is 0 Å². The molecule has 0 heterocycles. The van der Waals surface area contributed by atoms with E-state index in [2.05, 4.69) is 31.9 Å². The average molecular weight is 310 g/mol. The fourth-order valence-corrected chi connectivity index (χ4v) is 4.42. The van der Waals surface area contributed by atoms with Gasteiger partial charge in [0.1, 0.15) is 0 Å². The summed E-state index contributed by atoms with van der Waals surface area (Å²) in [5, 5.41) is 0. The second kappa shape index (κ2) is 6.18. The molecule has 1 saturated carbocycles. The molecule has 0 N–H and O–H groups in total. The van der Waals surface area contributed by atoms with E-state index in [1.165, 1.54) is 14.2 Å². The second-order valence-electron chi connectivity index (χ2n) is 6.93. The van der Waals surface area contributed by atoms with E-state index in [0.717, 1.165) is 11.1 Å². The second-order valence-corrected chi connectivity index (χ2v) is 12.0. The number of carbonyl (C=O) groups is 2. The minimum atomic E-state index is -1.47. The van der Waals surface area contributed by atoms with E-state index in [9.17, 15) is 9.59 Å². The van der Waals surface area contributed by atoms with Crippen LogP contribution in [0.15, 0.2) is 23.4 Å². The van der Waals surface area contributed by atoms with Gasteiger partial charge < -0.3 is 9.47 Å². The Morgan fingerprint density at radius 1 is 1.24 bits per heavy atom. The lowest BCUT2D eigenvalue weighted by atomic mass is 9.84. The lowest BCUT2D eigenvalue weighted by Crippen LogP contribution is -2.39. The van der Waals surface area contributed by atoms with Gasteiger partial charge in [-0.3, -0.25) is 9.59 Å². The molecule has 0 amide bonds. The first kappa shape index (κ1) is 17.7. The maximum Gasteiger partial charge on any atom is 0.323 e. The van der Waals surface area contributed by atoms with E-state index >= 15 is 0 Å². The molecule has 0 spiro atoms. The van der Waals surface area contributed by atoms with Gasteiger partial charge in [-0.05, 0) is 19.8 Å². The fraction of sp³-hybridized carbons (Fsp3) is 0.625. The topological polar surface area (TPSA) is 52.6 Å². The van der Waals surface area contributed by atoms with Gasteiger partial charge in [0.2, 0.25) is 0 Å². The first-order chi connectivity index (χ1) is 9.57. The van der Waals surface area contributed by atoms with Gasteiger partial charge in [0, 0.05) is 5.92 Å². The largest absolute Gasteiger partial charge is 0.468 e. The molecule has 0 radical (unpaired) electrons. The highest BCUT2D eigenvalue weighted by atomic mass is 28.3. The Kier molecular flexibility index (Phi) is 5.20. The molecule has 1 rings (SSSR count). The summed E-state index contributed by atoms with van der Waals surface area (Å²) in [6.07, 6.45) is 0.756. The minimum absolute atomic E-state index is 0.0370. The van der Waals surface area contributed by atoms with Crippen molar-refractivity contribution < 1.29 is 19.1 Å². The van der Waals surface area contributed by atoms with Crippen LogP contribution >= 0.6 is 0 Å². The van der Waals surface area contributed by atoms with E-state index in [4.69, 9.17) is 9.47 Å². The Morgan fingerprint density at radius 2 is 1.71 bits per heavy atom. The number of hydrogen-bond acceptors (Lipinski definition) is 4. The predicted molar refractivity (Wildman–Crippen MR) is 85.4 cm³/mol. The van der Waals surface area contributed by atoms with Crippen LogP contribution in [0.5, 0.6) is 0 Å². The van der Waals surface area contributed by atoms with Gasteiger partial charge in [-0.25, -0.2) is 0 Å². The molecule has 0 bridgehead atoms. The van der Waals surface area contributed by atoms with E-state index in [1.54, 1.807) is 0 Å². The predicted octanol–water partition coefficient (Wildman–Crippen LogP) is 3.11. The highest BCUT2D eigenvalue weighted by Gasteiger charge is 2.55. The molecule has 5 heteroatoms. The normalized spacial score (nSPS) is 23.0. The van der Waals surface area contributed by atoms with Crippen molar-refractivity contribution in [1.82, 2.24) is 0 Å². The third kappa shape index (κ3) is 3.64. The molecule has 21 heavy (non-hydrogen) atoms. The molecule has 1 fully saturated rings. The molecule has 1 aliphatic rings. The van der Waals surface area contributed by atoms with Crippen molar-refractivity contribution in [3.05, 3.63) is 23.4 Å². The summed E-state index contributed by atoms with van der Waals surface area (Å²) < 4.78 is 9.76. The lowest BCUT2D eigenvalue weighted by Gasteiger charge is -2.22.